The third-order valence-corrected chi connectivity index (χ3v) is 4.39. The van der Waals surface area contributed by atoms with Crippen molar-refractivity contribution in [3.8, 4) is 11.5 Å². The second kappa shape index (κ2) is 9.13. The molecule has 1 aliphatic rings. The Morgan fingerprint density at radius 2 is 1.83 bits per heavy atom. The molecule has 156 valence electrons. The van der Waals surface area contributed by atoms with Crippen molar-refractivity contribution in [3.63, 3.8) is 0 Å². The number of esters is 2. The van der Waals surface area contributed by atoms with Gasteiger partial charge in [0.25, 0.3) is 5.91 Å². The van der Waals surface area contributed by atoms with Crippen molar-refractivity contribution in [2.45, 2.75) is 6.92 Å². The van der Waals surface area contributed by atoms with Gasteiger partial charge in [-0.3, -0.25) is 4.79 Å². The molecule has 1 N–H and O–H groups in total. The smallest absolute Gasteiger partial charge is 0.343 e. The number of carbonyl (C=O) groups is 3. The summed E-state index contributed by atoms with van der Waals surface area (Å²) in [5.41, 5.74) is 2.52. The molecule has 0 aliphatic carbocycles. The lowest BCUT2D eigenvalue weighted by molar-refractivity contribution is -0.142. The number of amides is 1. The highest BCUT2D eigenvalue weighted by Crippen LogP contribution is 2.36. The maximum absolute atomic E-state index is 12.6. The number of fused-ring (bicyclic) bond motifs is 1. The average Bonchev–Trinajstić information content (AvgIpc) is 3.07. The lowest BCUT2D eigenvalue weighted by atomic mass is 10.0. The van der Waals surface area contributed by atoms with Crippen molar-refractivity contribution in [3.05, 3.63) is 53.1 Å². The second-order valence-electron chi connectivity index (χ2n) is 6.26. The van der Waals surface area contributed by atoms with Crippen molar-refractivity contribution in [2.75, 3.05) is 32.8 Å². The highest BCUT2D eigenvalue weighted by molar-refractivity contribution is 6.35. The van der Waals surface area contributed by atoms with Gasteiger partial charge >= 0.3 is 11.9 Å². The van der Waals surface area contributed by atoms with Gasteiger partial charge in [0.2, 0.25) is 0 Å². The lowest BCUT2D eigenvalue weighted by Crippen LogP contribution is -2.12. The molecule has 1 aliphatic heterocycles. The van der Waals surface area contributed by atoms with E-state index >= 15 is 0 Å². The summed E-state index contributed by atoms with van der Waals surface area (Å²) < 4.78 is 20.4. The number of ether oxygens (including phenoxy) is 4. The van der Waals surface area contributed by atoms with Crippen molar-refractivity contribution >= 4 is 35.2 Å². The van der Waals surface area contributed by atoms with Crippen LogP contribution in [-0.2, 0) is 19.1 Å². The number of rotatable bonds is 7. The Labute approximate surface area is 173 Å². The van der Waals surface area contributed by atoms with Gasteiger partial charge < -0.3 is 24.3 Å². The summed E-state index contributed by atoms with van der Waals surface area (Å²) in [5.74, 6) is -0.318. The van der Waals surface area contributed by atoms with Gasteiger partial charge in [-0.15, -0.1) is 0 Å². The predicted molar refractivity (Wildman–Crippen MR) is 109 cm³/mol. The van der Waals surface area contributed by atoms with Crippen LogP contribution in [0.1, 0.15) is 28.4 Å². The van der Waals surface area contributed by atoms with Crippen LogP contribution in [0, 0.1) is 0 Å². The molecule has 0 aromatic heterocycles. The fraction of sp³-hybridized carbons (Fsp3) is 0.227. The minimum atomic E-state index is -0.505. The fourth-order valence-electron chi connectivity index (χ4n) is 2.96. The van der Waals surface area contributed by atoms with E-state index in [4.69, 9.17) is 14.2 Å². The first-order valence-electron chi connectivity index (χ1n) is 9.19. The number of methoxy groups -OCH3 is 2. The van der Waals surface area contributed by atoms with Crippen LogP contribution in [0.25, 0.3) is 11.6 Å². The molecular weight excluding hydrogens is 390 g/mol. The molecule has 0 saturated heterocycles. The third-order valence-electron chi connectivity index (χ3n) is 4.39. The lowest BCUT2D eigenvalue weighted by Gasteiger charge is -2.11. The summed E-state index contributed by atoms with van der Waals surface area (Å²) in [7, 11) is 2.57. The molecule has 8 heteroatoms. The fourth-order valence-corrected chi connectivity index (χ4v) is 2.96. The summed E-state index contributed by atoms with van der Waals surface area (Å²) in [4.78, 5) is 35.6. The molecule has 8 nitrogen and oxygen atoms in total. The Morgan fingerprint density at radius 1 is 1.03 bits per heavy atom. The maximum Gasteiger partial charge on any atom is 0.343 e. The number of carbonyl (C=O) groups excluding carboxylic acids is 3. The minimum absolute atomic E-state index is 0.236. The second-order valence-corrected chi connectivity index (χ2v) is 6.26. The van der Waals surface area contributed by atoms with E-state index in [2.05, 4.69) is 10.1 Å². The molecule has 0 spiro atoms. The predicted octanol–water partition coefficient (Wildman–Crippen LogP) is 2.92. The Bertz CT molecular complexity index is 1030. The molecule has 2 aromatic rings. The first kappa shape index (κ1) is 20.9. The molecule has 1 amide bonds. The molecule has 0 fully saturated rings. The van der Waals surface area contributed by atoms with Crippen molar-refractivity contribution < 1.29 is 33.3 Å². The molecule has 0 saturated carbocycles. The Kier molecular flexibility index (Phi) is 6.36. The van der Waals surface area contributed by atoms with Crippen LogP contribution >= 0.6 is 0 Å². The molecule has 0 radical (unpaired) electrons. The van der Waals surface area contributed by atoms with Gasteiger partial charge in [-0.1, -0.05) is 6.07 Å². The highest BCUT2D eigenvalue weighted by atomic mass is 16.6. The van der Waals surface area contributed by atoms with Gasteiger partial charge in [-0.05, 0) is 43.3 Å². The first-order valence-corrected chi connectivity index (χ1v) is 9.19. The van der Waals surface area contributed by atoms with Crippen molar-refractivity contribution in [2.24, 2.45) is 0 Å². The summed E-state index contributed by atoms with van der Waals surface area (Å²) in [6.07, 6.45) is 1.68. The molecule has 0 bridgehead atoms. The third kappa shape index (κ3) is 4.43. The number of benzene rings is 2. The monoisotopic (exact) mass is 411 g/mol. The zero-order chi connectivity index (χ0) is 21.7. The van der Waals surface area contributed by atoms with Crippen molar-refractivity contribution in [1.82, 2.24) is 0 Å². The van der Waals surface area contributed by atoms with Crippen LogP contribution in [0.2, 0.25) is 0 Å². The highest BCUT2D eigenvalue weighted by Gasteiger charge is 2.26. The molecule has 0 atom stereocenters. The quantitative estimate of drug-likeness (QED) is 0.552. The Morgan fingerprint density at radius 3 is 2.53 bits per heavy atom. The zero-order valence-corrected chi connectivity index (χ0v) is 16.8. The van der Waals surface area contributed by atoms with Crippen LogP contribution in [0.5, 0.6) is 11.5 Å². The minimum Gasteiger partial charge on any atom is -0.493 e. The van der Waals surface area contributed by atoms with E-state index in [-0.39, 0.29) is 12.5 Å². The van der Waals surface area contributed by atoms with E-state index in [9.17, 15) is 14.4 Å². The largest absolute Gasteiger partial charge is 0.493 e. The average molecular weight is 411 g/mol. The Balaban J connectivity index is 1.98. The number of hydrogen-bond acceptors (Lipinski definition) is 7. The topological polar surface area (TPSA) is 100 Å². The molecular formula is C22H21NO7. The van der Waals surface area contributed by atoms with Crippen LogP contribution in [0.15, 0.2) is 36.4 Å². The van der Waals surface area contributed by atoms with Gasteiger partial charge in [-0.2, -0.15) is 0 Å². The summed E-state index contributed by atoms with van der Waals surface area (Å²) in [6, 6.07) is 9.90. The van der Waals surface area contributed by atoms with E-state index in [1.807, 2.05) is 6.92 Å². The van der Waals surface area contributed by atoms with Gasteiger partial charge in [0, 0.05) is 22.4 Å². The summed E-state index contributed by atoms with van der Waals surface area (Å²) in [6.45, 7) is 2.05. The van der Waals surface area contributed by atoms with Crippen LogP contribution in [-0.4, -0.2) is 45.3 Å². The van der Waals surface area contributed by atoms with Crippen LogP contribution in [0.3, 0.4) is 0 Å². The standard InChI is InChI=1S/C22H21NO7/c1-4-29-19-8-6-15(30-12-20(24)27-2)9-14(19)10-17-16-7-5-13(22(26)28-3)11-18(16)23-21(17)25/h5-11H,4,12H2,1-3H3,(H,23,25)/b17-10+. The van der Waals surface area contributed by atoms with E-state index in [1.165, 1.54) is 14.2 Å². The van der Waals surface area contributed by atoms with Crippen LogP contribution < -0.4 is 14.8 Å². The zero-order valence-electron chi connectivity index (χ0n) is 16.8. The van der Waals surface area contributed by atoms with E-state index in [0.29, 0.717) is 46.1 Å². The van der Waals surface area contributed by atoms with E-state index < -0.39 is 11.9 Å². The number of anilines is 1. The molecule has 30 heavy (non-hydrogen) atoms. The van der Waals surface area contributed by atoms with E-state index in [0.717, 1.165) is 0 Å². The summed E-state index contributed by atoms with van der Waals surface area (Å²) >= 11 is 0. The normalized spacial score (nSPS) is 13.4. The van der Waals surface area contributed by atoms with Gasteiger partial charge in [0.1, 0.15) is 11.5 Å². The summed E-state index contributed by atoms with van der Waals surface area (Å²) in [5, 5.41) is 2.75. The van der Waals surface area contributed by atoms with Gasteiger partial charge in [-0.25, -0.2) is 9.59 Å². The number of nitrogens with one attached hydrogen (secondary N) is 1. The van der Waals surface area contributed by atoms with Crippen LogP contribution in [0.4, 0.5) is 5.69 Å². The van der Waals surface area contributed by atoms with Crippen molar-refractivity contribution in [1.29, 1.82) is 0 Å². The number of hydrogen-bond donors (Lipinski definition) is 1. The first-order chi connectivity index (χ1) is 14.5. The Hall–Kier alpha value is -3.81. The molecule has 0 unspecified atom stereocenters. The maximum atomic E-state index is 12.6. The SMILES string of the molecule is CCOc1ccc(OCC(=O)OC)cc1/C=C1/C(=O)Nc2cc(C(=O)OC)ccc21. The van der Waals surface area contributed by atoms with Gasteiger partial charge in [0.15, 0.2) is 6.61 Å². The molecule has 2 aromatic carbocycles. The molecule has 1 heterocycles. The van der Waals surface area contributed by atoms with Gasteiger partial charge in [0.05, 0.1) is 26.4 Å². The van der Waals surface area contributed by atoms with E-state index in [1.54, 1.807) is 42.5 Å². The molecule has 3 rings (SSSR count).